The molecule has 1 amide bonds. The third-order valence-corrected chi connectivity index (χ3v) is 5.76. The summed E-state index contributed by atoms with van der Waals surface area (Å²) in [6.07, 6.45) is 3.99. The molecule has 2 aromatic rings. The Kier molecular flexibility index (Phi) is 4.82. The zero-order valence-electron chi connectivity index (χ0n) is 15.4. The maximum absolute atomic E-state index is 11.7. The number of hydrogen-bond acceptors (Lipinski definition) is 5. The number of amides is 1. The molecule has 5 heterocycles. The highest BCUT2D eigenvalue weighted by Gasteiger charge is 2.41. The number of carbonyl (C=O) groups is 1. The molecule has 3 aliphatic heterocycles. The van der Waals surface area contributed by atoms with Gasteiger partial charge in [0.2, 0.25) is 5.91 Å². The van der Waals surface area contributed by atoms with E-state index in [1.54, 1.807) is 13.4 Å². The summed E-state index contributed by atoms with van der Waals surface area (Å²) in [7, 11) is 3.56. The number of carbonyl (C=O) groups excluding carboxylic acids is 1. The van der Waals surface area contributed by atoms with E-state index in [9.17, 15) is 4.79 Å². The molecule has 1 unspecified atom stereocenters. The molecule has 3 saturated heterocycles. The molecule has 4 atom stereocenters. The van der Waals surface area contributed by atoms with Gasteiger partial charge in [0.1, 0.15) is 12.3 Å². The van der Waals surface area contributed by atoms with Gasteiger partial charge in [-0.05, 0) is 43.5 Å². The summed E-state index contributed by atoms with van der Waals surface area (Å²) >= 11 is 0. The van der Waals surface area contributed by atoms with Crippen molar-refractivity contribution in [2.75, 3.05) is 33.4 Å². The first-order valence-electron chi connectivity index (χ1n) is 9.23. The molecule has 26 heavy (non-hydrogen) atoms. The molecule has 0 spiro atoms. The van der Waals surface area contributed by atoms with E-state index in [2.05, 4.69) is 21.4 Å². The lowest BCUT2D eigenvalue weighted by atomic mass is 9.74. The van der Waals surface area contributed by atoms with Gasteiger partial charge in [-0.3, -0.25) is 14.4 Å². The van der Waals surface area contributed by atoms with Gasteiger partial charge in [0.05, 0.1) is 6.26 Å². The zero-order chi connectivity index (χ0) is 18.1. The van der Waals surface area contributed by atoms with Gasteiger partial charge in [-0.2, -0.15) is 5.10 Å². The number of aryl methyl sites for hydroxylation is 1. The van der Waals surface area contributed by atoms with E-state index in [0.29, 0.717) is 24.4 Å². The summed E-state index contributed by atoms with van der Waals surface area (Å²) in [6, 6.07) is 6.42. The van der Waals surface area contributed by atoms with Gasteiger partial charge in [-0.25, -0.2) is 0 Å². The smallest absolute Gasteiger partial charge is 0.246 e. The molecule has 140 valence electrons. The summed E-state index contributed by atoms with van der Waals surface area (Å²) in [4.78, 5) is 14.2. The maximum Gasteiger partial charge on any atom is 0.246 e. The molecule has 2 bridgehead atoms. The van der Waals surface area contributed by atoms with Crippen molar-refractivity contribution in [2.45, 2.75) is 24.8 Å². The molecule has 1 N–H and O–H groups in total. The van der Waals surface area contributed by atoms with Crippen LogP contribution in [0.25, 0.3) is 11.5 Å². The van der Waals surface area contributed by atoms with Crippen LogP contribution in [0.2, 0.25) is 0 Å². The van der Waals surface area contributed by atoms with Crippen molar-refractivity contribution in [1.82, 2.24) is 20.0 Å². The topological polar surface area (TPSA) is 72.5 Å². The van der Waals surface area contributed by atoms with E-state index in [0.717, 1.165) is 31.0 Å². The number of rotatable bonds is 6. The number of nitrogens with zero attached hydrogens (tertiary/aromatic N) is 3. The fourth-order valence-corrected chi connectivity index (χ4v) is 4.47. The SMILES string of the molecule is COCC(=O)NC[C@H]1C[C@@H]2CCN1C[C@H]2c1cc(-c2ccco2)nn1C. The molecule has 3 aliphatic rings. The summed E-state index contributed by atoms with van der Waals surface area (Å²) in [5.74, 6) is 1.88. The van der Waals surface area contributed by atoms with E-state index < -0.39 is 0 Å². The largest absolute Gasteiger partial charge is 0.463 e. The van der Waals surface area contributed by atoms with Gasteiger partial charge in [0.25, 0.3) is 0 Å². The number of furan rings is 1. The lowest BCUT2D eigenvalue weighted by Crippen LogP contribution is -2.56. The number of ether oxygens (including phenoxy) is 1. The van der Waals surface area contributed by atoms with Crippen molar-refractivity contribution < 1.29 is 13.9 Å². The van der Waals surface area contributed by atoms with Crippen LogP contribution in [0.3, 0.4) is 0 Å². The molecule has 2 aromatic heterocycles. The first kappa shape index (κ1) is 17.3. The van der Waals surface area contributed by atoms with E-state index in [1.165, 1.54) is 12.1 Å². The van der Waals surface area contributed by atoms with Crippen LogP contribution in [-0.4, -0.2) is 60.0 Å². The number of aromatic nitrogens is 2. The first-order valence-corrected chi connectivity index (χ1v) is 9.23. The van der Waals surface area contributed by atoms with Crippen LogP contribution in [0.15, 0.2) is 28.9 Å². The Balaban J connectivity index is 1.44. The van der Waals surface area contributed by atoms with Crippen molar-refractivity contribution in [1.29, 1.82) is 0 Å². The Bertz CT molecular complexity index is 755. The van der Waals surface area contributed by atoms with Crippen LogP contribution < -0.4 is 5.32 Å². The van der Waals surface area contributed by atoms with Gasteiger partial charge in [0, 0.05) is 44.9 Å². The first-order chi connectivity index (χ1) is 12.7. The summed E-state index contributed by atoms with van der Waals surface area (Å²) < 4.78 is 12.4. The highest BCUT2D eigenvalue weighted by molar-refractivity contribution is 5.77. The monoisotopic (exact) mass is 358 g/mol. The quantitative estimate of drug-likeness (QED) is 0.850. The summed E-state index contributed by atoms with van der Waals surface area (Å²) in [5.41, 5.74) is 2.17. The second kappa shape index (κ2) is 7.25. The van der Waals surface area contributed by atoms with Crippen molar-refractivity contribution in [3.63, 3.8) is 0 Å². The standard InChI is InChI=1S/C19H26N4O3/c1-22-17(9-16(21-22)18-4-3-7-26-18)15-11-23-6-5-13(15)8-14(23)10-20-19(24)12-25-2/h3-4,7,9,13-15H,5-6,8,10-12H2,1-2H3,(H,20,24)/t13-,14+,15+/m0/s1. The minimum absolute atomic E-state index is 0.0404. The van der Waals surface area contributed by atoms with Crippen molar-refractivity contribution >= 4 is 5.91 Å². The molecular weight excluding hydrogens is 332 g/mol. The van der Waals surface area contributed by atoms with E-state index >= 15 is 0 Å². The van der Waals surface area contributed by atoms with Gasteiger partial charge in [0.15, 0.2) is 5.76 Å². The molecular formula is C19H26N4O3. The zero-order valence-corrected chi connectivity index (χ0v) is 15.4. The Labute approximate surface area is 153 Å². The number of nitrogens with one attached hydrogen (secondary N) is 1. The minimum atomic E-state index is -0.0404. The number of hydrogen-bond donors (Lipinski definition) is 1. The fraction of sp³-hybridized carbons (Fsp3) is 0.579. The molecule has 7 heteroatoms. The van der Waals surface area contributed by atoms with Crippen LogP contribution >= 0.6 is 0 Å². The Morgan fingerprint density at radius 3 is 3.08 bits per heavy atom. The lowest BCUT2D eigenvalue weighted by molar-refractivity contribution is -0.125. The number of piperidine rings is 3. The second-order valence-electron chi connectivity index (χ2n) is 7.33. The maximum atomic E-state index is 11.7. The number of methoxy groups -OCH3 is 1. The third kappa shape index (κ3) is 3.29. The molecule has 0 aliphatic carbocycles. The van der Waals surface area contributed by atoms with Gasteiger partial charge in [-0.1, -0.05) is 0 Å². The highest BCUT2D eigenvalue weighted by atomic mass is 16.5. The third-order valence-electron chi connectivity index (χ3n) is 5.76. The molecule has 7 nitrogen and oxygen atoms in total. The second-order valence-corrected chi connectivity index (χ2v) is 7.33. The predicted molar refractivity (Wildman–Crippen MR) is 96.6 cm³/mol. The molecule has 3 fully saturated rings. The van der Waals surface area contributed by atoms with Crippen LogP contribution in [0, 0.1) is 5.92 Å². The van der Waals surface area contributed by atoms with E-state index in [-0.39, 0.29) is 12.5 Å². The Hall–Kier alpha value is -2.12. The summed E-state index contributed by atoms with van der Waals surface area (Å²) in [5, 5.41) is 7.64. The predicted octanol–water partition coefficient (Wildman–Crippen LogP) is 1.62. The minimum Gasteiger partial charge on any atom is -0.463 e. The van der Waals surface area contributed by atoms with E-state index in [1.807, 2.05) is 23.9 Å². The fourth-order valence-electron chi connectivity index (χ4n) is 4.47. The molecule has 0 saturated carbocycles. The van der Waals surface area contributed by atoms with Crippen LogP contribution in [0.5, 0.6) is 0 Å². The normalized spacial score (nSPS) is 27.6. The van der Waals surface area contributed by atoms with Gasteiger partial charge in [-0.15, -0.1) is 0 Å². The van der Waals surface area contributed by atoms with Crippen LogP contribution in [0.4, 0.5) is 0 Å². The van der Waals surface area contributed by atoms with E-state index in [4.69, 9.17) is 9.15 Å². The average Bonchev–Trinajstić information content (AvgIpc) is 3.30. The van der Waals surface area contributed by atoms with Gasteiger partial charge >= 0.3 is 0 Å². The van der Waals surface area contributed by atoms with Crippen LogP contribution in [-0.2, 0) is 16.6 Å². The van der Waals surface area contributed by atoms with Crippen molar-refractivity contribution in [3.8, 4) is 11.5 Å². The average molecular weight is 358 g/mol. The van der Waals surface area contributed by atoms with Crippen molar-refractivity contribution in [3.05, 3.63) is 30.2 Å². The van der Waals surface area contributed by atoms with Crippen LogP contribution in [0.1, 0.15) is 24.5 Å². The lowest BCUT2D eigenvalue weighted by Gasteiger charge is -2.49. The highest BCUT2D eigenvalue weighted by Crippen LogP contribution is 2.42. The van der Waals surface area contributed by atoms with Gasteiger partial charge < -0.3 is 14.5 Å². The Morgan fingerprint density at radius 1 is 1.50 bits per heavy atom. The molecule has 5 rings (SSSR count). The summed E-state index contributed by atoms with van der Waals surface area (Å²) in [6.45, 7) is 2.96. The molecule has 0 aromatic carbocycles. The Morgan fingerprint density at radius 2 is 2.38 bits per heavy atom. The number of fused-ring (bicyclic) bond motifs is 3. The van der Waals surface area contributed by atoms with Crippen molar-refractivity contribution in [2.24, 2.45) is 13.0 Å². The molecule has 0 radical (unpaired) electrons.